The quantitative estimate of drug-likeness (QED) is 0.160. The molecule has 0 bridgehead atoms. The topological polar surface area (TPSA) is 9.72 Å². The first kappa shape index (κ1) is 14.9. The lowest BCUT2D eigenvalue weighted by atomic mass is 9.33. The Bertz CT molecular complexity index is 4890. The van der Waals surface area contributed by atoms with Crippen molar-refractivity contribution in [3.63, 3.8) is 0 Å². The molecule has 9 aromatic rings. The van der Waals surface area contributed by atoms with E-state index in [1.54, 1.807) is 0 Å². The van der Waals surface area contributed by atoms with Crippen LogP contribution in [0.2, 0.25) is 0 Å². The minimum absolute atomic E-state index is 0.398. The molecule has 0 N–H and O–H groups in total. The van der Waals surface area contributed by atoms with Gasteiger partial charge in [0.15, 0.2) is 0 Å². The lowest BCUT2D eigenvalue weighted by Crippen LogP contribution is -2.61. The smallest absolute Gasteiger partial charge is 0.252 e. The summed E-state index contributed by atoms with van der Waals surface area (Å²) in [4.78, 5) is 1.64. The molecule has 286 valence electrons. The molecule has 0 aliphatic carbocycles. The Hall–Kier alpha value is -7.56. The molecule has 0 saturated heterocycles. The van der Waals surface area contributed by atoms with Gasteiger partial charge in [0.25, 0.3) is 13.4 Å². The minimum atomic E-state index is -2.70. The summed E-state index contributed by atoms with van der Waals surface area (Å²) >= 11 is 0. The number of halogens is 1. The van der Waals surface area contributed by atoms with Gasteiger partial charge in [0.2, 0.25) is 0 Å². The maximum Gasteiger partial charge on any atom is 0.252 e. The van der Waals surface area contributed by atoms with Crippen LogP contribution < -0.4 is 47.5 Å². The van der Waals surface area contributed by atoms with Crippen molar-refractivity contribution in [1.82, 2.24) is 0 Å². The normalized spacial score (nSPS) is 21.3. The van der Waals surface area contributed by atoms with E-state index in [1.807, 2.05) is 0 Å². The molecule has 0 unspecified atom stereocenters. The molecule has 3 aliphatic heterocycles. The summed E-state index contributed by atoms with van der Waals surface area (Å²) in [5.41, 5.74) is -17.4. The Morgan fingerprint density at radius 2 is 0.803 bits per heavy atom. The van der Waals surface area contributed by atoms with Crippen LogP contribution in [0.25, 0.3) is 11.1 Å². The van der Waals surface area contributed by atoms with Crippen LogP contribution in [0.5, 0.6) is 0 Å². The highest BCUT2D eigenvalue weighted by Crippen LogP contribution is 2.46. The molecule has 0 amide bonds. The van der Waals surface area contributed by atoms with Crippen molar-refractivity contribution >= 4 is 97.4 Å². The second-order valence-electron chi connectivity index (χ2n) is 13.6. The van der Waals surface area contributed by atoms with Gasteiger partial charge >= 0.3 is 0 Å². The number of para-hydroxylation sites is 5. The molecule has 0 fully saturated rings. The highest BCUT2D eigenvalue weighted by Gasteiger charge is 2.44. The van der Waals surface area contributed by atoms with Gasteiger partial charge in [0.1, 0.15) is 5.82 Å². The molecule has 3 aliphatic rings. The summed E-state index contributed by atoms with van der Waals surface area (Å²) < 4.78 is 345. The first-order valence-corrected chi connectivity index (χ1v) is 18.2. The lowest BCUT2D eigenvalue weighted by Gasteiger charge is -2.44. The molecule has 0 spiro atoms. The standard InChI is InChI=1S/C55H38B2FN3/c1-37-18-16-23-41(34-37)61-50-32-15-12-28-46(50)57-45-27-11-14-31-49(45)60(40-21-6-3-7-22-40)52-35-38(36-53(61)55(52)57)42-24-8-9-25-43(42)56-44-26-10-13-30-48(44)59(39-19-4-2-5-20-39)51-33-17-29-47(58)54(51)56/h2-36H,1H3/i2D,3D,4D,5D,6D,7D,8D,9D,10D,11D,12D,13D,14D,15D,16D,17D,18D,19D,20D,21D,22D,23D,24D,25D,26D,27D,28D,29D,30D,31D,32D,33D,34D,35D,36D. The predicted molar refractivity (Wildman–Crippen MR) is 256 cm³/mol. The molecule has 3 nitrogen and oxygen atoms in total. The molecular formula is C55H38B2FN3. The van der Waals surface area contributed by atoms with E-state index in [4.69, 9.17) is 24.7 Å². The number of anilines is 9. The third-order valence-electron chi connectivity index (χ3n) is 10.4. The van der Waals surface area contributed by atoms with E-state index < -0.39 is 331 Å². The Morgan fingerprint density at radius 1 is 0.377 bits per heavy atom. The number of hydrogen-bond donors (Lipinski definition) is 0. The van der Waals surface area contributed by atoms with Crippen LogP contribution >= 0.6 is 0 Å². The Labute approximate surface area is 406 Å². The van der Waals surface area contributed by atoms with Crippen molar-refractivity contribution in [2.75, 3.05) is 14.7 Å². The van der Waals surface area contributed by atoms with Crippen molar-refractivity contribution in [2.45, 2.75) is 6.92 Å². The van der Waals surface area contributed by atoms with E-state index in [1.165, 1.54) is 0 Å². The van der Waals surface area contributed by atoms with Crippen molar-refractivity contribution in [2.24, 2.45) is 0 Å². The van der Waals surface area contributed by atoms with E-state index in [2.05, 4.69) is 0 Å². The molecule has 61 heavy (non-hydrogen) atoms. The fraction of sp³-hybridized carbons (Fsp3) is 0.0182. The average molecular weight is 817 g/mol. The van der Waals surface area contributed by atoms with Crippen LogP contribution in [0, 0.1) is 12.7 Å². The Balaban J connectivity index is 1.40. The summed E-state index contributed by atoms with van der Waals surface area (Å²) in [5, 5.41) is 0. The number of fused-ring (bicyclic) bond motifs is 6. The Kier molecular flexibility index (Phi) is 3.42. The SMILES string of the molecule is [2H]c1c([2H])c([2H])c(N2c3c([2H])c([2H])c([2H])c([2H])c3B(c3c([2H])c([2H])c([2H])c([2H])c3-c3c([2H])c4c5c(c3[2H])N(c3c([2H])c([2H])c([2H])c(C)c3[2H])c3c([2H])c([2H])c([2H])c([2H])c3B5c3c([2H])c([2H])c([2H])c([2H])c3N4c3c([2H])c([2H])c([2H])c([2H])c3[2H])c3c(F)c([2H])c([2H])c([2H])c32)c([2H])c1[2H]. The van der Waals surface area contributed by atoms with Gasteiger partial charge in [-0.05, 0) is 129 Å². The van der Waals surface area contributed by atoms with Crippen molar-refractivity contribution in [1.29, 1.82) is 0 Å². The zero-order chi connectivity index (χ0) is 71.1. The second-order valence-corrected chi connectivity index (χ2v) is 13.6. The summed E-state index contributed by atoms with van der Waals surface area (Å²) in [6.45, 7) is -3.75. The Morgan fingerprint density at radius 3 is 1.39 bits per heavy atom. The van der Waals surface area contributed by atoms with Crippen LogP contribution in [0.3, 0.4) is 0 Å². The maximum atomic E-state index is 18.4. The van der Waals surface area contributed by atoms with Gasteiger partial charge in [0.05, 0.1) is 48.0 Å². The first-order chi connectivity index (χ1) is 44.7. The molecule has 0 aromatic heterocycles. The molecule has 0 saturated carbocycles. The predicted octanol–water partition coefficient (Wildman–Crippen LogP) is 10.2. The third-order valence-corrected chi connectivity index (χ3v) is 10.4. The lowest BCUT2D eigenvalue weighted by molar-refractivity contribution is 0.635. The van der Waals surface area contributed by atoms with Crippen LogP contribution in [0.1, 0.15) is 53.5 Å². The number of hydrogen-bond acceptors (Lipinski definition) is 3. The van der Waals surface area contributed by atoms with Gasteiger partial charge in [0, 0.05) is 51.2 Å². The summed E-state index contributed by atoms with van der Waals surface area (Å²) in [6, 6.07) is -40.2. The van der Waals surface area contributed by atoms with Gasteiger partial charge < -0.3 is 14.7 Å². The van der Waals surface area contributed by atoms with Gasteiger partial charge in [-0.15, -0.1) is 0 Å². The third kappa shape index (κ3) is 5.45. The summed E-state index contributed by atoms with van der Waals surface area (Å²) in [5.74, 6) is -1.91. The van der Waals surface area contributed by atoms with E-state index in [9.17, 15) is 23.3 Å². The fourth-order valence-electron chi connectivity index (χ4n) is 8.05. The van der Waals surface area contributed by atoms with Crippen LogP contribution in [-0.4, -0.2) is 13.4 Å². The average Bonchev–Trinajstić information content (AvgIpc) is 0.672. The number of rotatable bonds is 5. The van der Waals surface area contributed by atoms with Gasteiger partial charge in [-0.3, -0.25) is 0 Å². The van der Waals surface area contributed by atoms with Crippen molar-refractivity contribution < 1.29 is 52.4 Å². The van der Waals surface area contributed by atoms with Crippen molar-refractivity contribution in [3.8, 4) is 11.1 Å². The fourth-order valence-corrected chi connectivity index (χ4v) is 8.05. The van der Waals surface area contributed by atoms with Gasteiger partial charge in [-0.2, -0.15) is 0 Å². The summed E-state index contributed by atoms with van der Waals surface area (Å²) in [7, 11) is 0. The highest BCUT2D eigenvalue weighted by molar-refractivity contribution is 7.00. The number of nitrogens with zero attached hydrogens (tertiary/aromatic N) is 3. The molecule has 3 heterocycles. The zero-order valence-electron chi connectivity index (χ0n) is 65.9. The van der Waals surface area contributed by atoms with Crippen molar-refractivity contribution in [3.05, 3.63) is 223 Å². The largest absolute Gasteiger partial charge is 0.311 e. The first-order valence-electron chi connectivity index (χ1n) is 35.7. The number of benzene rings is 9. The molecule has 0 radical (unpaired) electrons. The second kappa shape index (κ2) is 14.0. The highest BCUT2D eigenvalue weighted by atomic mass is 19.1. The van der Waals surface area contributed by atoms with E-state index in [0.717, 1.165) is 6.92 Å². The van der Waals surface area contributed by atoms with E-state index >= 15 is 4.39 Å². The van der Waals surface area contributed by atoms with E-state index in [-0.39, 0.29) is 0 Å². The molecule has 6 heteroatoms. The minimum Gasteiger partial charge on any atom is -0.311 e. The summed E-state index contributed by atoms with van der Waals surface area (Å²) in [6.07, 6.45) is 0. The van der Waals surface area contributed by atoms with E-state index in [0.29, 0.717) is 14.7 Å². The zero-order valence-corrected chi connectivity index (χ0v) is 30.9. The van der Waals surface area contributed by atoms with Crippen LogP contribution in [-0.2, 0) is 0 Å². The van der Waals surface area contributed by atoms with Gasteiger partial charge in [-0.1, -0.05) is 138 Å². The molecule has 9 aromatic carbocycles. The molecule has 0 atom stereocenters. The van der Waals surface area contributed by atoms with Crippen LogP contribution in [0.15, 0.2) is 211 Å². The monoisotopic (exact) mass is 817 g/mol. The maximum absolute atomic E-state index is 18.4. The molecular weight excluding hydrogens is 743 g/mol. The molecule has 12 rings (SSSR count). The van der Waals surface area contributed by atoms with Gasteiger partial charge in [-0.25, -0.2) is 4.39 Å². The van der Waals surface area contributed by atoms with Crippen LogP contribution in [0.4, 0.5) is 55.6 Å².